The van der Waals surface area contributed by atoms with Gasteiger partial charge >= 0.3 is 0 Å². The Labute approximate surface area is 104 Å². The van der Waals surface area contributed by atoms with Gasteiger partial charge in [0.25, 0.3) is 0 Å². The van der Waals surface area contributed by atoms with Gasteiger partial charge < -0.3 is 15.0 Å². The first-order chi connectivity index (χ1) is 8.21. The molecular formula is C13H23N3O. The Kier molecular flexibility index (Phi) is 5.94. The summed E-state index contributed by atoms with van der Waals surface area (Å²) in [4.78, 5) is 6.81. The minimum Gasteiger partial charge on any atom is -0.383 e. The fourth-order valence-electron chi connectivity index (χ4n) is 1.83. The van der Waals surface area contributed by atoms with Crippen LogP contribution >= 0.6 is 0 Å². The molecule has 96 valence electrons. The third kappa shape index (κ3) is 4.32. The molecule has 17 heavy (non-hydrogen) atoms. The number of anilines is 1. The monoisotopic (exact) mass is 237 g/mol. The molecule has 1 rings (SSSR count). The van der Waals surface area contributed by atoms with E-state index in [1.54, 1.807) is 7.11 Å². The van der Waals surface area contributed by atoms with E-state index in [2.05, 4.69) is 34.3 Å². The number of nitrogens with one attached hydrogen (secondary N) is 1. The van der Waals surface area contributed by atoms with E-state index in [-0.39, 0.29) is 0 Å². The molecule has 1 heterocycles. The van der Waals surface area contributed by atoms with Crippen LogP contribution in [0.5, 0.6) is 0 Å². The highest BCUT2D eigenvalue weighted by molar-refractivity contribution is 5.42. The second kappa shape index (κ2) is 7.25. The SMILES string of the molecule is CCN(CCOC)c1cc(CNC)cc(C)n1. The van der Waals surface area contributed by atoms with Crippen molar-refractivity contribution in [2.75, 3.05) is 38.8 Å². The molecule has 0 unspecified atom stereocenters. The summed E-state index contributed by atoms with van der Waals surface area (Å²) in [5.74, 6) is 1.04. The maximum absolute atomic E-state index is 5.12. The lowest BCUT2D eigenvalue weighted by Crippen LogP contribution is -2.28. The van der Waals surface area contributed by atoms with E-state index in [0.29, 0.717) is 0 Å². The van der Waals surface area contributed by atoms with Crippen molar-refractivity contribution in [3.63, 3.8) is 0 Å². The Morgan fingerprint density at radius 3 is 2.76 bits per heavy atom. The molecule has 0 amide bonds. The lowest BCUT2D eigenvalue weighted by atomic mass is 10.2. The molecular weight excluding hydrogens is 214 g/mol. The number of aryl methyl sites for hydroxylation is 1. The molecule has 0 saturated carbocycles. The van der Waals surface area contributed by atoms with Crippen molar-refractivity contribution in [3.05, 3.63) is 23.4 Å². The van der Waals surface area contributed by atoms with Crippen LogP contribution in [0, 0.1) is 6.92 Å². The van der Waals surface area contributed by atoms with Gasteiger partial charge in [-0.05, 0) is 38.6 Å². The van der Waals surface area contributed by atoms with Gasteiger partial charge in [-0.3, -0.25) is 0 Å². The normalized spacial score (nSPS) is 10.6. The van der Waals surface area contributed by atoms with E-state index >= 15 is 0 Å². The molecule has 0 bridgehead atoms. The van der Waals surface area contributed by atoms with E-state index in [9.17, 15) is 0 Å². The van der Waals surface area contributed by atoms with Crippen LogP contribution in [-0.4, -0.2) is 38.8 Å². The van der Waals surface area contributed by atoms with Crippen LogP contribution in [0.15, 0.2) is 12.1 Å². The Bertz CT molecular complexity index is 341. The van der Waals surface area contributed by atoms with Crippen LogP contribution in [0.25, 0.3) is 0 Å². The molecule has 0 atom stereocenters. The summed E-state index contributed by atoms with van der Waals surface area (Å²) >= 11 is 0. The average Bonchev–Trinajstić information content (AvgIpc) is 2.30. The Morgan fingerprint density at radius 1 is 1.41 bits per heavy atom. The van der Waals surface area contributed by atoms with Gasteiger partial charge in [0.15, 0.2) is 0 Å². The number of hydrogen-bond donors (Lipinski definition) is 1. The lowest BCUT2D eigenvalue weighted by Gasteiger charge is -2.22. The van der Waals surface area contributed by atoms with Crippen molar-refractivity contribution in [3.8, 4) is 0 Å². The van der Waals surface area contributed by atoms with Gasteiger partial charge in [0, 0.05) is 32.4 Å². The summed E-state index contributed by atoms with van der Waals surface area (Å²) in [7, 11) is 3.68. The smallest absolute Gasteiger partial charge is 0.129 e. The van der Waals surface area contributed by atoms with E-state index in [1.165, 1.54) is 5.56 Å². The van der Waals surface area contributed by atoms with Crippen molar-refractivity contribution >= 4 is 5.82 Å². The van der Waals surface area contributed by atoms with Crippen LogP contribution in [0.4, 0.5) is 5.82 Å². The molecule has 4 nitrogen and oxygen atoms in total. The molecule has 0 spiro atoms. The molecule has 1 N–H and O–H groups in total. The van der Waals surface area contributed by atoms with Gasteiger partial charge in [0.2, 0.25) is 0 Å². The lowest BCUT2D eigenvalue weighted by molar-refractivity contribution is 0.205. The van der Waals surface area contributed by atoms with Crippen molar-refractivity contribution < 1.29 is 4.74 Å². The highest BCUT2D eigenvalue weighted by Crippen LogP contribution is 2.14. The van der Waals surface area contributed by atoms with Crippen LogP contribution in [0.1, 0.15) is 18.2 Å². The number of hydrogen-bond acceptors (Lipinski definition) is 4. The minimum atomic E-state index is 0.727. The fraction of sp³-hybridized carbons (Fsp3) is 0.615. The first-order valence-corrected chi connectivity index (χ1v) is 6.07. The standard InChI is InChI=1S/C13H23N3O/c1-5-16(6-7-17-4)13-9-12(10-14-3)8-11(2)15-13/h8-9,14H,5-7,10H2,1-4H3. The van der Waals surface area contributed by atoms with Crippen molar-refractivity contribution in [1.29, 1.82) is 0 Å². The molecule has 0 aliphatic heterocycles. The zero-order chi connectivity index (χ0) is 12.7. The van der Waals surface area contributed by atoms with Crippen LogP contribution in [0.2, 0.25) is 0 Å². The molecule has 0 radical (unpaired) electrons. The number of aromatic nitrogens is 1. The number of methoxy groups -OCH3 is 1. The third-order valence-corrected chi connectivity index (χ3v) is 2.65. The highest BCUT2D eigenvalue weighted by Gasteiger charge is 2.07. The Hall–Kier alpha value is -1.13. The van der Waals surface area contributed by atoms with Gasteiger partial charge in [-0.1, -0.05) is 0 Å². The second-order valence-corrected chi connectivity index (χ2v) is 4.08. The topological polar surface area (TPSA) is 37.4 Å². The predicted octanol–water partition coefficient (Wildman–Crippen LogP) is 1.58. The summed E-state index contributed by atoms with van der Waals surface area (Å²) in [6, 6.07) is 4.26. The maximum Gasteiger partial charge on any atom is 0.129 e. The minimum absolute atomic E-state index is 0.727. The van der Waals surface area contributed by atoms with Crippen molar-refractivity contribution in [1.82, 2.24) is 10.3 Å². The van der Waals surface area contributed by atoms with Gasteiger partial charge in [-0.2, -0.15) is 0 Å². The van der Waals surface area contributed by atoms with Crippen LogP contribution in [-0.2, 0) is 11.3 Å². The fourth-order valence-corrected chi connectivity index (χ4v) is 1.83. The van der Waals surface area contributed by atoms with Crippen LogP contribution < -0.4 is 10.2 Å². The molecule has 1 aromatic rings. The summed E-state index contributed by atoms with van der Waals surface area (Å²) in [5.41, 5.74) is 2.33. The van der Waals surface area contributed by atoms with Gasteiger partial charge in [0.1, 0.15) is 5.82 Å². The predicted molar refractivity (Wildman–Crippen MR) is 71.5 cm³/mol. The summed E-state index contributed by atoms with van der Waals surface area (Å²) in [6.07, 6.45) is 0. The summed E-state index contributed by atoms with van der Waals surface area (Å²) in [5, 5.41) is 3.17. The van der Waals surface area contributed by atoms with Gasteiger partial charge in [-0.25, -0.2) is 4.98 Å². The number of likely N-dealkylation sites (N-methyl/N-ethyl adjacent to an activating group) is 1. The largest absolute Gasteiger partial charge is 0.383 e. The maximum atomic E-state index is 5.12. The Balaban J connectivity index is 2.85. The highest BCUT2D eigenvalue weighted by atomic mass is 16.5. The van der Waals surface area contributed by atoms with Crippen molar-refractivity contribution in [2.24, 2.45) is 0 Å². The van der Waals surface area contributed by atoms with Gasteiger partial charge in [0.05, 0.1) is 6.61 Å². The zero-order valence-corrected chi connectivity index (χ0v) is 11.3. The van der Waals surface area contributed by atoms with Gasteiger partial charge in [-0.15, -0.1) is 0 Å². The molecule has 0 fully saturated rings. The molecule has 0 aliphatic carbocycles. The van der Waals surface area contributed by atoms with E-state index in [4.69, 9.17) is 4.74 Å². The number of pyridine rings is 1. The number of rotatable bonds is 7. The van der Waals surface area contributed by atoms with E-state index < -0.39 is 0 Å². The molecule has 0 aliphatic rings. The van der Waals surface area contributed by atoms with E-state index in [0.717, 1.165) is 37.8 Å². The number of nitrogens with zero attached hydrogens (tertiary/aromatic N) is 2. The molecule has 4 heteroatoms. The Morgan fingerprint density at radius 2 is 2.18 bits per heavy atom. The molecule has 0 aromatic carbocycles. The summed E-state index contributed by atoms with van der Waals surface area (Å²) in [6.45, 7) is 7.59. The second-order valence-electron chi connectivity index (χ2n) is 4.08. The number of ether oxygens (including phenoxy) is 1. The van der Waals surface area contributed by atoms with E-state index in [1.807, 2.05) is 14.0 Å². The van der Waals surface area contributed by atoms with Crippen molar-refractivity contribution in [2.45, 2.75) is 20.4 Å². The molecule has 1 aromatic heterocycles. The first-order valence-electron chi connectivity index (χ1n) is 6.07. The summed E-state index contributed by atoms with van der Waals surface area (Å²) < 4.78 is 5.12. The average molecular weight is 237 g/mol. The van der Waals surface area contributed by atoms with Crippen LogP contribution in [0.3, 0.4) is 0 Å². The third-order valence-electron chi connectivity index (χ3n) is 2.65. The first kappa shape index (κ1) is 13.9. The quantitative estimate of drug-likeness (QED) is 0.781. The molecule has 0 saturated heterocycles. The zero-order valence-electron chi connectivity index (χ0n) is 11.3.